The first kappa shape index (κ1) is 11.4. The molecule has 2 nitrogen and oxygen atoms in total. The van der Waals surface area contributed by atoms with Crippen LogP contribution in [0.3, 0.4) is 0 Å². The van der Waals surface area contributed by atoms with Crippen LogP contribution in [-0.4, -0.2) is 0 Å². The van der Waals surface area contributed by atoms with Gasteiger partial charge in [0.25, 0.3) is 0 Å². The van der Waals surface area contributed by atoms with E-state index < -0.39 is 0 Å². The molecule has 0 aliphatic heterocycles. The Morgan fingerprint density at radius 3 is 1.50 bits per heavy atom. The molecular weight excluding hydrogens is 248 g/mol. The van der Waals surface area contributed by atoms with Gasteiger partial charge in [0.15, 0.2) is 11.5 Å². The zero-order chi connectivity index (χ0) is 13.7. The summed E-state index contributed by atoms with van der Waals surface area (Å²) in [6, 6.07) is 16.4. The van der Waals surface area contributed by atoms with E-state index in [1.807, 2.05) is 24.3 Å². The third-order valence-corrected chi connectivity index (χ3v) is 3.59. The number of rotatable bonds is 1. The van der Waals surface area contributed by atoms with Crippen LogP contribution in [0, 0.1) is 13.8 Å². The monoisotopic (exact) mass is 262 g/mol. The molecule has 0 aliphatic carbocycles. The molecule has 0 unspecified atom stereocenters. The van der Waals surface area contributed by atoms with Crippen molar-refractivity contribution < 1.29 is 8.83 Å². The topological polar surface area (TPSA) is 26.3 Å². The van der Waals surface area contributed by atoms with E-state index in [9.17, 15) is 0 Å². The van der Waals surface area contributed by atoms with Gasteiger partial charge in [0, 0.05) is 10.8 Å². The molecule has 4 aromatic rings. The molecule has 98 valence electrons. The minimum absolute atomic E-state index is 0.777. The third kappa shape index (κ3) is 1.73. The van der Waals surface area contributed by atoms with Crippen molar-refractivity contribution in [3.05, 3.63) is 59.7 Å². The second-order valence-electron chi connectivity index (χ2n) is 5.30. The van der Waals surface area contributed by atoms with Crippen molar-refractivity contribution >= 4 is 21.9 Å². The molecule has 2 aromatic heterocycles. The van der Waals surface area contributed by atoms with E-state index >= 15 is 0 Å². The van der Waals surface area contributed by atoms with E-state index in [-0.39, 0.29) is 0 Å². The molecule has 0 saturated heterocycles. The fourth-order valence-corrected chi connectivity index (χ4v) is 2.57. The van der Waals surface area contributed by atoms with Crippen LogP contribution in [0.1, 0.15) is 11.1 Å². The Labute approximate surface area is 116 Å². The highest BCUT2D eigenvalue weighted by Crippen LogP contribution is 2.32. The lowest BCUT2D eigenvalue weighted by Gasteiger charge is -1.90. The van der Waals surface area contributed by atoms with Crippen molar-refractivity contribution in [2.75, 3.05) is 0 Å². The minimum atomic E-state index is 0.777. The standard InChI is InChI=1S/C18H14O2/c1-11-3-5-15-13(7-11)9-17(19-15)18-10-14-8-12(2)4-6-16(14)20-18/h3-10H,1-2H3. The van der Waals surface area contributed by atoms with Crippen molar-refractivity contribution in [1.82, 2.24) is 0 Å². The van der Waals surface area contributed by atoms with E-state index in [0.29, 0.717) is 0 Å². The fourth-order valence-electron chi connectivity index (χ4n) is 2.57. The summed E-state index contributed by atoms with van der Waals surface area (Å²) in [6.45, 7) is 4.16. The molecule has 0 N–H and O–H groups in total. The summed E-state index contributed by atoms with van der Waals surface area (Å²) in [7, 11) is 0. The van der Waals surface area contributed by atoms with Crippen LogP contribution < -0.4 is 0 Å². The highest BCUT2D eigenvalue weighted by Gasteiger charge is 2.11. The van der Waals surface area contributed by atoms with Crippen molar-refractivity contribution in [2.45, 2.75) is 13.8 Å². The van der Waals surface area contributed by atoms with Crippen molar-refractivity contribution in [3.63, 3.8) is 0 Å². The van der Waals surface area contributed by atoms with Gasteiger partial charge in [-0.05, 0) is 50.2 Å². The number of hydrogen-bond donors (Lipinski definition) is 0. The summed E-state index contributed by atoms with van der Waals surface area (Å²) in [6.07, 6.45) is 0. The lowest BCUT2D eigenvalue weighted by atomic mass is 10.1. The van der Waals surface area contributed by atoms with Gasteiger partial charge in [-0.3, -0.25) is 0 Å². The maximum atomic E-state index is 5.88. The molecule has 0 saturated carbocycles. The van der Waals surface area contributed by atoms with Crippen molar-refractivity contribution in [3.8, 4) is 11.5 Å². The largest absolute Gasteiger partial charge is 0.453 e. The molecule has 2 heterocycles. The first-order valence-corrected chi connectivity index (χ1v) is 6.70. The summed E-state index contributed by atoms with van der Waals surface area (Å²) in [5, 5.41) is 2.22. The summed E-state index contributed by atoms with van der Waals surface area (Å²) in [4.78, 5) is 0. The molecular formula is C18H14O2. The van der Waals surface area contributed by atoms with Crippen LogP contribution in [0.15, 0.2) is 57.4 Å². The molecule has 0 atom stereocenters. The number of aryl methyl sites for hydroxylation is 2. The van der Waals surface area contributed by atoms with Crippen LogP contribution >= 0.6 is 0 Å². The van der Waals surface area contributed by atoms with Crippen LogP contribution in [0.2, 0.25) is 0 Å². The molecule has 0 amide bonds. The maximum Gasteiger partial charge on any atom is 0.170 e. The van der Waals surface area contributed by atoms with E-state index in [1.54, 1.807) is 0 Å². The molecule has 4 rings (SSSR count). The number of fused-ring (bicyclic) bond motifs is 2. The predicted molar refractivity (Wildman–Crippen MR) is 80.9 cm³/mol. The van der Waals surface area contributed by atoms with Gasteiger partial charge in [0.2, 0.25) is 0 Å². The molecule has 2 aromatic carbocycles. The molecule has 0 radical (unpaired) electrons. The van der Waals surface area contributed by atoms with Gasteiger partial charge in [-0.25, -0.2) is 0 Å². The summed E-state index contributed by atoms with van der Waals surface area (Å²) < 4.78 is 11.8. The maximum absolute atomic E-state index is 5.88. The molecule has 0 bridgehead atoms. The predicted octanol–water partition coefficient (Wildman–Crippen LogP) is 5.46. The quantitative estimate of drug-likeness (QED) is 0.455. The van der Waals surface area contributed by atoms with Crippen LogP contribution in [0.4, 0.5) is 0 Å². The summed E-state index contributed by atoms with van der Waals surface area (Å²) >= 11 is 0. The van der Waals surface area contributed by atoms with E-state index in [4.69, 9.17) is 8.83 Å². The van der Waals surface area contributed by atoms with Gasteiger partial charge in [-0.15, -0.1) is 0 Å². The van der Waals surface area contributed by atoms with Crippen molar-refractivity contribution in [2.24, 2.45) is 0 Å². The normalized spacial score (nSPS) is 11.5. The van der Waals surface area contributed by atoms with Crippen LogP contribution in [0.25, 0.3) is 33.5 Å². The van der Waals surface area contributed by atoms with Gasteiger partial charge in [0.1, 0.15) is 11.2 Å². The van der Waals surface area contributed by atoms with Crippen LogP contribution in [-0.2, 0) is 0 Å². The molecule has 0 aliphatic rings. The summed E-state index contributed by atoms with van der Waals surface area (Å²) in [5.74, 6) is 1.55. The van der Waals surface area contributed by atoms with Gasteiger partial charge in [0.05, 0.1) is 0 Å². The Morgan fingerprint density at radius 2 is 1.05 bits per heavy atom. The fraction of sp³-hybridized carbons (Fsp3) is 0.111. The average Bonchev–Trinajstić information content (AvgIpc) is 3.00. The summed E-state index contributed by atoms with van der Waals surface area (Å²) in [5.41, 5.74) is 4.24. The van der Waals surface area contributed by atoms with Gasteiger partial charge < -0.3 is 8.83 Å². The minimum Gasteiger partial charge on any atom is -0.453 e. The molecule has 20 heavy (non-hydrogen) atoms. The smallest absolute Gasteiger partial charge is 0.170 e. The zero-order valence-corrected chi connectivity index (χ0v) is 11.4. The zero-order valence-electron chi connectivity index (χ0n) is 11.4. The number of benzene rings is 2. The second-order valence-corrected chi connectivity index (χ2v) is 5.30. The Bertz CT molecular complexity index is 847. The van der Waals surface area contributed by atoms with Crippen molar-refractivity contribution in [1.29, 1.82) is 0 Å². The Kier molecular flexibility index (Phi) is 2.27. The Morgan fingerprint density at radius 1 is 0.600 bits per heavy atom. The van der Waals surface area contributed by atoms with E-state index in [2.05, 4.69) is 38.1 Å². The highest BCUT2D eigenvalue weighted by molar-refractivity contribution is 5.86. The SMILES string of the molecule is Cc1ccc2oc(-c3cc4cc(C)ccc4o3)cc2c1. The molecule has 0 spiro atoms. The van der Waals surface area contributed by atoms with Gasteiger partial charge in [-0.2, -0.15) is 0 Å². The highest BCUT2D eigenvalue weighted by atomic mass is 16.4. The number of furan rings is 2. The lowest BCUT2D eigenvalue weighted by Crippen LogP contribution is -1.67. The third-order valence-electron chi connectivity index (χ3n) is 3.59. The second kappa shape index (κ2) is 4.01. The molecule has 2 heteroatoms. The lowest BCUT2D eigenvalue weighted by molar-refractivity contribution is 0.569. The Hall–Kier alpha value is -2.48. The first-order valence-electron chi connectivity index (χ1n) is 6.70. The van der Waals surface area contributed by atoms with Gasteiger partial charge >= 0.3 is 0 Å². The first-order chi connectivity index (χ1) is 9.69. The Balaban J connectivity index is 1.91. The van der Waals surface area contributed by atoms with Crippen LogP contribution in [0.5, 0.6) is 0 Å². The number of hydrogen-bond acceptors (Lipinski definition) is 2. The average molecular weight is 262 g/mol. The van der Waals surface area contributed by atoms with E-state index in [1.165, 1.54) is 11.1 Å². The van der Waals surface area contributed by atoms with Gasteiger partial charge in [-0.1, -0.05) is 23.3 Å². The van der Waals surface area contributed by atoms with E-state index in [0.717, 1.165) is 33.5 Å². The molecule has 0 fully saturated rings.